The van der Waals surface area contributed by atoms with E-state index in [1.54, 1.807) is 0 Å². The van der Waals surface area contributed by atoms with E-state index in [1.807, 2.05) is 47.9 Å². The first-order chi connectivity index (χ1) is 16.4. The molecule has 3 aromatic carbocycles. The fourth-order valence-electron chi connectivity index (χ4n) is 3.83. The molecule has 0 unspecified atom stereocenters. The maximum absolute atomic E-state index is 12.6. The molecule has 0 spiro atoms. The number of benzene rings is 3. The van der Waals surface area contributed by atoms with Gasteiger partial charge >= 0.3 is 0 Å². The minimum Gasteiger partial charge on any atom is -0.485 e. The summed E-state index contributed by atoms with van der Waals surface area (Å²) in [6.07, 6.45) is 0. The molecule has 1 amide bonds. The van der Waals surface area contributed by atoms with E-state index in [2.05, 4.69) is 60.6 Å². The Hall–Kier alpha value is -3.32. The highest BCUT2D eigenvalue weighted by molar-refractivity contribution is 7.99. The highest BCUT2D eigenvalue weighted by Gasteiger charge is 2.15. The lowest BCUT2D eigenvalue weighted by atomic mass is 10.0. The smallest absolute Gasteiger partial charge is 0.234 e. The number of rotatable bonds is 9. The van der Waals surface area contributed by atoms with E-state index in [-0.39, 0.29) is 11.7 Å². The lowest BCUT2D eigenvalue weighted by Crippen LogP contribution is -2.15. The third-order valence-electron chi connectivity index (χ3n) is 5.62. The molecule has 34 heavy (non-hydrogen) atoms. The summed E-state index contributed by atoms with van der Waals surface area (Å²) in [6.45, 7) is 9.44. The second-order valence-corrected chi connectivity index (χ2v) is 9.47. The highest BCUT2D eigenvalue weighted by Crippen LogP contribution is 2.28. The van der Waals surface area contributed by atoms with Crippen LogP contribution in [0.1, 0.15) is 43.6 Å². The zero-order chi connectivity index (χ0) is 24.1. The van der Waals surface area contributed by atoms with Gasteiger partial charge in [-0.15, -0.1) is 10.2 Å². The number of ether oxygens (including phenoxy) is 1. The van der Waals surface area contributed by atoms with Gasteiger partial charge < -0.3 is 14.6 Å². The summed E-state index contributed by atoms with van der Waals surface area (Å²) in [6, 6.07) is 20.3. The minimum atomic E-state index is -0.0786. The number of fused-ring (bicyclic) bond motifs is 1. The normalized spacial score (nSPS) is 11.2. The second kappa shape index (κ2) is 10.7. The third-order valence-corrected chi connectivity index (χ3v) is 6.59. The number of nitrogens with zero attached hydrogens (tertiary/aromatic N) is 3. The molecular weight excluding hydrogens is 444 g/mol. The van der Waals surface area contributed by atoms with Crippen molar-refractivity contribution in [1.82, 2.24) is 14.8 Å². The maximum atomic E-state index is 12.6. The van der Waals surface area contributed by atoms with Crippen LogP contribution in [0.2, 0.25) is 0 Å². The summed E-state index contributed by atoms with van der Waals surface area (Å²) in [5.74, 6) is 2.17. The summed E-state index contributed by atoms with van der Waals surface area (Å²) in [5, 5.41) is 14.6. The summed E-state index contributed by atoms with van der Waals surface area (Å²) in [4.78, 5) is 12.6. The number of hydrogen-bond donors (Lipinski definition) is 1. The minimum absolute atomic E-state index is 0.0786. The summed E-state index contributed by atoms with van der Waals surface area (Å²) in [5.41, 5.74) is 3.12. The average Bonchev–Trinajstić information content (AvgIpc) is 3.23. The number of anilines is 1. The second-order valence-electron chi connectivity index (χ2n) is 8.53. The highest BCUT2D eigenvalue weighted by atomic mass is 32.2. The fourth-order valence-corrected chi connectivity index (χ4v) is 4.65. The van der Waals surface area contributed by atoms with Crippen molar-refractivity contribution < 1.29 is 9.53 Å². The first-order valence-corrected chi connectivity index (χ1v) is 12.5. The molecule has 6 nitrogen and oxygen atoms in total. The number of nitrogens with one attached hydrogen (secondary N) is 1. The molecule has 0 aliphatic carbocycles. The van der Waals surface area contributed by atoms with E-state index >= 15 is 0 Å². The number of carbonyl (C=O) groups is 1. The van der Waals surface area contributed by atoms with Crippen LogP contribution in [0.3, 0.4) is 0 Å². The Labute approximate surface area is 204 Å². The third kappa shape index (κ3) is 5.59. The van der Waals surface area contributed by atoms with Crippen molar-refractivity contribution in [3.63, 3.8) is 0 Å². The molecule has 1 heterocycles. The van der Waals surface area contributed by atoms with Gasteiger partial charge in [0.1, 0.15) is 12.4 Å². The largest absolute Gasteiger partial charge is 0.485 e. The molecule has 4 rings (SSSR count). The van der Waals surface area contributed by atoms with Crippen LogP contribution in [0.5, 0.6) is 5.75 Å². The van der Waals surface area contributed by atoms with Crippen molar-refractivity contribution >= 4 is 34.1 Å². The predicted molar refractivity (Wildman–Crippen MR) is 139 cm³/mol. The van der Waals surface area contributed by atoms with E-state index in [9.17, 15) is 4.79 Å². The zero-order valence-electron chi connectivity index (χ0n) is 20.0. The van der Waals surface area contributed by atoms with Gasteiger partial charge in [-0.3, -0.25) is 4.79 Å². The van der Waals surface area contributed by atoms with Crippen molar-refractivity contribution in [3.8, 4) is 5.75 Å². The summed E-state index contributed by atoms with van der Waals surface area (Å²) in [7, 11) is 0. The van der Waals surface area contributed by atoms with Gasteiger partial charge in [-0.1, -0.05) is 68.1 Å². The Kier molecular flexibility index (Phi) is 7.53. The number of thioether (sulfide) groups is 1. The van der Waals surface area contributed by atoms with Crippen molar-refractivity contribution in [3.05, 3.63) is 77.6 Å². The van der Waals surface area contributed by atoms with Crippen molar-refractivity contribution in [2.24, 2.45) is 0 Å². The molecule has 0 saturated carbocycles. The molecule has 0 fully saturated rings. The van der Waals surface area contributed by atoms with E-state index in [0.29, 0.717) is 24.2 Å². The van der Waals surface area contributed by atoms with E-state index in [4.69, 9.17) is 4.74 Å². The van der Waals surface area contributed by atoms with Crippen molar-refractivity contribution in [1.29, 1.82) is 0 Å². The lowest BCUT2D eigenvalue weighted by Gasteiger charge is -2.15. The van der Waals surface area contributed by atoms with Crippen LogP contribution in [0.15, 0.2) is 65.8 Å². The van der Waals surface area contributed by atoms with Gasteiger partial charge in [0.15, 0.2) is 11.0 Å². The average molecular weight is 475 g/mol. The Morgan fingerprint density at radius 2 is 1.85 bits per heavy atom. The van der Waals surface area contributed by atoms with Crippen LogP contribution in [0, 0.1) is 6.92 Å². The Morgan fingerprint density at radius 1 is 1.06 bits per heavy atom. The van der Waals surface area contributed by atoms with Crippen LogP contribution >= 0.6 is 11.8 Å². The van der Waals surface area contributed by atoms with Crippen molar-refractivity contribution in [2.75, 3.05) is 11.1 Å². The Bertz CT molecular complexity index is 1300. The van der Waals surface area contributed by atoms with Crippen LogP contribution in [-0.4, -0.2) is 26.4 Å². The number of hydrogen-bond acceptors (Lipinski definition) is 5. The molecule has 0 radical (unpaired) electrons. The van der Waals surface area contributed by atoms with Crippen LogP contribution in [0.4, 0.5) is 5.69 Å². The van der Waals surface area contributed by atoms with Gasteiger partial charge in [0.2, 0.25) is 5.91 Å². The quantitative estimate of drug-likeness (QED) is 0.293. The number of carbonyl (C=O) groups excluding carboxylic acids is 1. The van der Waals surface area contributed by atoms with Gasteiger partial charge in [-0.25, -0.2) is 0 Å². The molecule has 176 valence electrons. The Morgan fingerprint density at radius 3 is 2.62 bits per heavy atom. The topological polar surface area (TPSA) is 69.0 Å². The van der Waals surface area contributed by atoms with Crippen molar-refractivity contribution in [2.45, 2.75) is 51.9 Å². The molecule has 1 N–H and O–H groups in total. The predicted octanol–water partition coefficient (Wildman–Crippen LogP) is 6.19. The summed E-state index contributed by atoms with van der Waals surface area (Å²) >= 11 is 1.38. The van der Waals surface area contributed by atoms with Gasteiger partial charge in [0, 0.05) is 12.2 Å². The molecule has 0 saturated heterocycles. The zero-order valence-corrected chi connectivity index (χ0v) is 20.9. The lowest BCUT2D eigenvalue weighted by molar-refractivity contribution is -0.113. The summed E-state index contributed by atoms with van der Waals surface area (Å²) < 4.78 is 8.15. The molecule has 1 aromatic heterocycles. The number of amides is 1. The molecule has 0 aliphatic rings. The van der Waals surface area contributed by atoms with Crippen LogP contribution in [-0.2, 0) is 17.9 Å². The van der Waals surface area contributed by atoms with Gasteiger partial charge in [0.25, 0.3) is 0 Å². The van der Waals surface area contributed by atoms with Crippen LogP contribution < -0.4 is 10.1 Å². The van der Waals surface area contributed by atoms with E-state index in [1.165, 1.54) is 17.3 Å². The molecule has 0 bridgehead atoms. The maximum Gasteiger partial charge on any atom is 0.234 e. The van der Waals surface area contributed by atoms with Gasteiger partial charge in [0.05, 0.1) is 5.75 Å². The SMILES string of the molecule is CCn1c(COc2cc(C)ccc2C(C)C)nnc1SCC(=O)Nc1ccc2ccccc2c1. The molecule has 0 aliphatic heterocycles. The van der Waals surface area contributed by atoms with E-state index in [0.717, 1.165) is 33.6 Å². The first kappa shape index (κ1) is 23.8. The molecular formula is C27H30N4O2S. The molecule has 7 heteroatoms. The monoisotopic (exact) mass is 474 g/mol. The molecule has 4 aromatic rings. The first-order valence-electron chi connectivity index (χ1n) is 11.5. The number of aromatic nitrogens is 3. The standard InChI is InChI=1S/C27H30N4O2S/c1-5-31-25(16-33-24-14-19(4)10-13-23(24)18(2)3)29-30-27(31)34-17-26(32)28-22-12-11-20-8-6-7-9-21(20)15-22/h6-15,18H,5,16-17H2,1-4H3,(H,28,32). The van der Waals surface area contributed by atoms with E-state index < -0.39 is 0 Å². The number of aryl methyl sites for hydroxylation is 1. The van der Waals surface area contributed by atoms with Gasteiger partial charge in [-0.05, 0) is 59.9 Å². The van der Waals surface area contributed by atoms with Crippen LogP contribution in [0.25, 0.3) is 10.8 Å². The molecule has 0 atom stereocenters. The fraction of sp³-hybridized carbons (Fsp3) is 0.296. The van der Waals surface area contributed by atoms with Gasteiger partial charge in [-0.2, -0.15) is 0 Å². The Balaban J connectivity index is 1.38.